The van der Waals surface area contributed by atoms with E-state index in [0.717, 1.165) is 22.2 Å². The molecular formula is C15H12N4O. The van der Waals surface area contributed by atoms with Gasteiger partial charge in [-0.25, -0.2) is 4.68 Å². The molecule has 3 rings (SSSR count). The van der Waals surface area contributed by atoms with E-state index in [0.29, 0.717) is 12.1 Å². The fourth-order valence-corrected chi connectivity index (χ4v) is 2.36. The lowest BCUT2D eigenvalue weighted by atomic mass is 10.1. The van der Waals surface area contributed by atoms with Crippen LogP contribution in [0.25, 0.3) is 16.5 Å². The molecule has 1 heterocycles. The van der Waals surface area contributed by atoms with Gasteiger partial charge in [0.15, 0.2) is 5.69 Å². The van der Waals surface area contributed by atoms with Gasteiger partial charge in [0.05, 0.1) is 11.4 Å². The van der Waals surface area contributed by atoms with Gasteiger partial charge in [-0.1, -0.05) is 36.4 Å². The molecule has 20 heavy (non-hydrogen) atoms. The number of rotatable bonds is 2. The zero-order valence-electron chi connectivity index (χ0n) is 10.9. The van der Waals surface area contributed by atoms with Crippen LogP contribution in [-0.4, -0.2) is 20.1 Å². The van der Waals surface area contributed by atoms with E-state index < -0.39 is 0 Å². The molecule has 1 N–H and O–H groups in total. The minimum Gasteiger partial charge on any atom is -0.507 e. The predicted octanol–water partition coefficient (Wildman–Crippen LogP) is 2.56. The average Bonchev–Trinajstić information content (AvgIpc) is 2.90. The maximum Gasteiger partial charge on any atom is 0.186 e. The lowest BCUT2D eigenvalue weighted by Crippen LogP contribution is -2.03. The number of aromatic nitrogens is 3. The third kappa shape index (κ3) is 1.70. The second-order valence-electron chi connectivity index (χ2n) is 4.41. The van der Waals surface area contributed by atoms with Gasteiger partial charge in [0.25, 0.3) is 0 Å². The predicted molar refractivity (Wildman–Crippen MR) is 74.6 cm³/mol. The zero-order chi connectivity index (χ0) is 14.1. The molecular weight excluding hydrogens is 252 g/mol. The van der Waals surface area contributed by atoms with E-state index >= 15 is 0 Å². The van der Waals surface area contributed by atoms with Crippen LogP contribution in [0.3, 0.4) is 0 Å². The highest BCUT2D eigenvalue weighted by Gasteiger charge is 2.14. The van der Waals surface area contributed by atoms with Gasteiger partial charge in [0, 0.05) is 10.8 Å². The standard InChI is InChI=1S/C15H12N4O/c1-2-13-12(9-16)17-18-19(13)14-7-3-6-11-10(14)5-4-8-15(11)20/h3-8,20H,2H2,1H3. The Balaban J connectivity index is 2.34. The lowest BCUT2D eigenvalue weighted by molar-refractivity contribution is 0.481. The molecule has 98 valence electrons. The number of phenolic OH excluding ortho intramolecular Hbond substituents is 1. The average molecular weight is 264 g/mol. The normalized spacial score (nSPS) is 10.6. The van der Waals surface area contributed by atoms with Crippen molar-refractivity contribution >= 4 is 10.8 Å². The Bertz CT molecular complexity index is 829. The van der Waals surface area contributed by atoms with Crippen LogP contribution in [0.15, 0.2) is 36.4 Å². The van der Waals surface area contributed by atoms with E-state index in [1.807, 2.05) is 31.2 Å². The quantitative estimate of drug-likeness (QED) is 0.771. The van der Waals surface area contributed by atoms with Crippen molar-refractivity contribution in [3.63, 3.8) is 0 Å². The molecule has 0 amide bonds. The molecule has 0 aliphatic carbocycles. The Labute approximate surface area is 115 Å². The summed E-state index contributed by atoms with van der Waals surface area (Å²) in [5.74, 6) is 0.225. The summed E-state index contributed by atoms with van der Waals surface area (Å²) < 4.78 is 1.67. The van der Waals surface area contributed by atoms with Crippen LogP contribution in [0.2, 0.25) is 0 Å². The van der Waals surface area contributed by atoms with E-state index in [9.17, 15) is 5.11 Å². The van der Waals surface area contributed by atoms with Crippen molar-refractivity contribution in [2.45, 2.75) is 13.3 Å². The zero-order valence-corrected chi connectivity index (χ0v) is 10.9. The summed E-state index contributed by atoms with van der Waals surface area (Å²) in [7, 11) is 0. The SMILES string of the molecule is CCc1c(C#N)nnn1-c1cccc2c(O)cccc12. The number of fused-ring (bicyclic) bond motifs is 1. The number of hydrogen-bond acceptors (Lipinski definition) is 4. The largest absolute Gasteiger partial charge is 0.507 e. The number of hydrogen-bond donors (Lipinski definition) is 1. The summed E-state index contributed by atoms with van der Waals surface area (Å²) in [4.78, 5) is 0. The van der Waals surface area contributed by atoms with Gasteiger partial charge in [-0.2, -0.15) is 5.26 Å². The second-order valence-corrected chi connectivity index (χ2v) is 4.41. The Kier molecular flexibility index (Phi) is 2.84. The van der Waals surface area contributed by atoms with E-state index in [4.69, 9.17) is 5.26 Å². The van der Waals surface area contributed by atoms with Crippen LogP contribution in [0.5, 0.6) is 5.75 Å². The molecule has 0 unspecified atom stereocenters. The minimum absolute atomic E-state index is 0.225. The van der Waals surface area contributed by atoms with Gasteiger partial charge >= 0.3 is 0 Å². The van der Waals surface area contributed by atoms with Gasteiger partial charge in [0.2, 0.25) is 0 Å². The van der Waals surface area contributed by atoms with Crippen LogP contribution in [0.4, 0.5) is 0 Å². The molecule has 5 heteroatoms. The summed E-state index contributed by atoms with van der Waals surface area (Å²) >= 11 is 0. The van der Waals surface area contributed by atoms with Crippen molar-refractivity contribution in [3.05, 3.63) is 47.8 Å². The maximum absolute atomic E-state index is 9.92. The molecule has 0 fully saturated rings. The van der Waals surface area contributed by atoms with Crippen molar-refractivity contribution in [2.75, 3.05) is 0 Å². The molecule has 2 aromatic carbocycles. The number of nitriles is 1. The highest BCUT2D eigenvalue weighted by atomic mass is 16.3. The van der Waals surface area contributed by atoms with E-state index in [1.165, 1.54) is 0 Å². The molecule has 3 aromatic rings. The first-order valence-electron chi connectivity index (χ1n) is 6.32. The molecule has 0 aliphatic rings. The topological polar surface area (TPSA) is 74.7 Å². The summed E-state index contributed by atoms with van der Waals surface area (Å²) in [5, 5.41) is 28.6. The van der Waals surface area contributed by atoms with Crippen LogP contribution in [0, 0.1) is 11.3 Å². The van der Waals surface area contributed by atoms with Gasteiger partial charge in [-0.3, -0.25) is 0 Å². The molecule has 0 spiro atoms. The van der Waals surface area contributed by atoms with Crippen molar-refractivity contribution in [1.29, 1.82) is 5.26 Å². The molecule has 1 aromatic heterocycles. The van der Waals surface area contributed by atoms with Crippen molar-refractivity contribution < 1.29 is 5.11 Å². The van der Waals surface area contributed by atoms with Crippen molar-refractivity contribution in [3.8, 4) is 17.5 Å². The Hall–Kier alpha value is -2.87. The van der Waals surface area contributed by atoms with E-state index in [-0.39, 0.29) is 5.75 Å². The van der Waals surface area contributed by atoms with Gasteiger partial charge in [-0.05, 0) is 18.6 Å². The Morgan fingerprint density at radius 1 is 1.20 bits per heavy atom. The Morgan fingerprint density at radius 3 is 2.70 bits per heavy atom. The lowest BCUT2D eigenvalue weighted by Gasteiger charge is -2.09. The molecule has 0 aliphatic heterocycles. The number of aromatic hydroxyl groups is 1. The Morgan fingerprint density at radius 2 is 1.95 bits per heavy atom. The summed E-state index contributed by atoms with van der Waals surface area (Å²) in [6, 6.07) is 13.0. The second kappa shape index (κ2) is 4.67. The fourth-order valence-electron chi connectivity index (χ4n) is 2.36. The first-order valence-corrected chi connectivity index (χ1v) is 6.32. The number of nitrogens with zero attached hydrogens (tertiary/aromatic N) is 4. The molecule has 0 saturated heterocycles. The highest BCUT2D eigenvalue weighted by molar-refractivity contribution is 5.94. The van der Waals surface area contributed by atoms with Crippen LogP contribution >= 0.6 is 0 Å². The number of phenols is 1. The van der Waals surface area contributed by atoms with Crippen molar-refractivity contribution in [2.24, 2.45) is 0 Å². The van der Waals surface area contributed by atoms with E-state index in [1.54, 1.807) is 16.8 Å². The minimum atomic E-state index is 0.225. The third-order valence-electron chi connectivity index (χ3n) is 3.31. The van der Waals surface area contributed by atoms with Crippen LogP contribution < -0.4 is 0 Å². The van der Waals surface area contributed by atoms with E-state index in [2.05, 4.69) is 16.4 Å². The molecule has 0 atom stereocenters. The number of benzene rings is 2. The molecule has 5 nitrogen and oxygen atoms in total. The van der Waals surface area contributed by atoms with Crippen molar-refractivity contribution in [1.82, 2.24) is 15.0 Å². The van der Waals surface area contributed by atoms with Gasteiger partial charge < -0.3 is 5.11 Å². The summed E-state index contributed by atoms with van der Waals surface area (Å²) in [6.07, 6.45) is 0.658. The molecule has 0 bridgehead atoms. The summed E-state index contributed by atoms with van der Waals surface area (Å²) in [6.45, 7) is 1.96. The summed E-state index contributed by atoms with van der Waals surface area (Å²) in [5.41, 5.74) is 1.91. The first kappa shape index (κ1) is 12.2. The molecule has 0 radical (unpaired) electrons. The first-order chi connectivity index (χ1) is 9.76. The van der Waals surface area contributed by atoms with Crippen LogP contribution in [0.1, 0.15) is 18.3 Å². The van der Waals surface area contributed by atoms with Gasteiger partial charge in [-0.15, -0.1) is 5.10 Å². The third-order valence-corrected chi connectivity index (χ3v) is 3.31. The maximum atomic E-state index is 9.92. The molecule has 0 saturated carbocycles. The van der Waals surface area contributed by atoms with Crippen LogP contribution in [-0.2, 0) is 6.42 Å². The monoisotopic (exact) mass is 264 g/mol. The fraction of sp³-hybridized carbons (Fsp3) is 0.133. The van der Waals surface area contributed by atoms with Gasteiger partial charge in [0.1, 0.15) is 11.8 Å². The smallest absolute Gasteiger partial charge is 0.186 e. The highest BCUT2D eigenvalue weighted by Crippen LogP contribution is 2.29.